The van der Waals surface area contributed by atoms with Crippen molar-refractivity contribution in [2.75, 3.05) is 6.61 Å². The van der Waals surface area contributed by atoms with Gasteiger partial charge in [0, 0.05) is 0 Å². The molecule has 2 aromatic carbocycles. The van der Waals surface area contributed by atoms with Crippen molar-refractivity contribution in [3.63, 3.8) is 0 Å². The smallest absolute Gasteiger partial charge is 0.279 e. The van der Waals surface area contributed by atoms with Crippen molar-refractivity contribution in [1.82, 2.24) is 10.9 Å². The van der Waals surface area contributed by atoms with Crippen LogP contribution in [-0.4, -0.2) is 24.5 Å². The van der Waals surface area contributed by atoms with E-state index in [0.717, 1.165) is 21.2 Å². The summed E-state index contributed by atoms with van der Waals surface area (Å²) in [5.41, 5.74) is 7.94. The highest BCUT2D eigenvalue weighted by Crippen LogP contribution is 2.25. The van der Waals surface area contributed by atoms with Gasteiger partial charge >= 0.3 is 0 Å². The number of ether oxygens (including phenoxy) is 2. The minimum absolute atomic E-state index is 0.228. The minimum atomic E-state index is -0.764. The summed E-state index contributed by atoms with van der Waals surface area (Å²) in [6.45, 7) is 7.31. The normalized spacial score (nSPS) is 11.4. The molecule has 2 rings (SSSR count). The SMILES string of the molecule is Cc1ccc(OCC(=O)NNC(=O)C(C)Oc2ccc(C)c(C)c2)c(Br)c1. The Kier molecular flexibility index (Phi) is 7.24. The Morgan fingerprint density at radius 3 is 2.44 bits per heavy atom. The third kappa shape index (κ3) is 6.29. The Balaban J connectivity index is 1.78. The molecule has 0 aliphatic carbocycles. The van der Waals surface area contributed by atoms with E-state index in [9.17, 15) is 9.59 Å². The maximum Gasteiger partial charge on any atom is 0.279 e. The summed E-state index contributed by atoms with van der Waals surface area (Å²) in [7, 11) is 0. The number of aryl methyl sites for hydroxylation is 3. The van der Waals surface area contributed by atoms with E-state index in [1.807, 2.05) is 45.0 Å². The highest BCUT2D eigenvalue weighted by Gasteiger charge is 2.16. The van der Waals surface area contributed by atoms with Gasteiger partial charge in [-0.1, -0.05) is 12.1 Å². The van der Waals surface area contributed by atoms with Crippen LogP contribution in [0.1, 0.15) is 23.6 Å². The van der Waals surface area contributed by atoms with E-state index in [-0.39, 0.29) is 6.61 Å². The molecule has 6 nitrogen and oxygen atoms in total. The van der Waals surface area contributed by atoms with Crippen LogP contribution in [0, 0.1) is 20.8 Å². The summed E-state index contributed by atoms with van der Waals surface area (Å²) >= 11 is 3.38. The molecule has 27 heavy (non-hydrogen) atoms. The topological polar surface area (TPSA) is 76.7 Å². The fraction of sp³-hybridized carbons (Fsp3) is 0.300. The van der Waals surface area contributed by atoms with Crippen molar-refractivity contribution < 1.29 is 19.1 Å². The van der Waals surface area contributed by atoms with Gasteiger partial charge in [0.25, 0.3) is 11.8 Å². The van der Waals surface area contributed by atoms with Crippen molar-refractivity contribution in [2.24, 2.45) is 0 Å². The van der Waals surface area contributed by atoms with Gasteiger partial charge in [0.1, 0.15) is 11.5 Å². The second kappa shape index (κ2) is 9.41. The monoisotopic (exact) mass is 434 g/mol. The number of hydrazine groups is 1. The van der Waals surface area contributed by atoms with Gasteiger partial charge in [0.15, 0.2) is 12.7 Å². The molecular formula is C20H23BrN2O4. The number of rotatable bonds is 6. The molecule has 7 heteroatoms. The molecule has 0 aliphatic heterocycles. The predicted octanol–water partition coefficient (Wildman–Crippen LogP) is 3.37. The summed E-state index contributed by atoms with van der Waals surface area (Å²) in [6, 6.07) is 11.1. The molecule has 2 amide bonds. The molecule has 0 saturated carbocycles. The average molecular weight is 435 g/mol. The van der Waals surface area contributed by atoms with Crippen LogP contribution in [0.15, 0.2) is 40.9 Å². The van der Waals surface area contributed by atoms with Crippen LogP contribution in [0.2, 0.25) is 0 Å². The zero-order valence-corrected chi connectivity index (χ0v) is 17.3. The molecule has 1 unspecified atom stereocenters. The van der Waals surface area contributed by atoms with Crippen LogP contribution in [-0.2, 0) is 9.59 Å². The molecule has 1 atom stereocenters. The molecule has 0 saturated heterocycles. The number of hydrogen-bond donors (Lipinski definition) is 2. The number of hydrogen-bond acceptors (Lipinski definition) is 4. The molecular weight excluding hydrogens is 412 g/mol. The Morgan fingerprint density at radius 1 is 1.04 bits per heavy atom. The highest BCUT2D eigenvalue weighted by atomic mass is 79.9. The average Bonchev–Trinajstić information content (AvgIpc) is 2.62. The minimum Gasteiger partial charge on any atom is -0.483 e. The van der Waals surface area contributed by atoms with Gasteiger partial charge in [-0.15, -0.1) is 0 Å². The van der Waals surface area contributed by atoms with Gasteiger partial charge in [0.05, 0.1) is 4.47 Å². The number of amides is 2. The third-order valence-electron chi connectivity index (χ3n) is 3.93. The Hall–Kier alpha value is -2.54. The molecule has 0 spiro atoms. The highest BCUT2D eigenvalue weighted by molar-refractivity contribution is 9.10. The second-order valence-electron chi connectivity index (χ2n) is 6.27. The van der Waals surface area contributed by atoms with E-state index in [2.05, 4.69) is 26.8 Å². The zero-order valence-electron chi connectivity index (χ0n) is 15.8. The molecule has 0 radical (unpaired) electrons. The fourth-order valence-corrected chi connectivity index (χ4v) is 2.79. The molecule has 0 aromatic heterocycles. The van der Waals surface area contributed by atoms with E-state index >= 15 is 0 Å². The molecule has 144 valence electrons. The van der Waals surface area contributed by atoms with Crippen molar-refractivity contribution >= 4 is 27.7 Å². The first-order valence-corrected chi connectivity index (χ1v) is 9.27. The van der Waals surface area contributed by atoms with Gasteiger partial charge in [0.2, 0.25) is 0 Å². The second-order valence-corrected chi connectivity index (χ2v) is 7.12. The van der Waals surface area contributed by atoms with Gasteiger partial charge in [-0.2, -0.15) is 0 Å². The van der Waals surface area contributed by atoms with Crippen LogP contribution in [0.5, 0.6) is 11.5 Å². The van der Waals surface area contributed by atoms with Gasteiger partial charge in [-0.05, 0) is 84.6 Å². The Labute approximate surface area is 167 Å². The molecule has 2 N–H and O–H groups in total. The summed E-state index contributed by atoms with van der Waals surface area (Å²) < 4.78 is 11.8. The fourth-order valence-electron chi connectivity index (χ4n) is 2.18. The lowest BCUT2D eigenvalue weighted by molar-refractivity contribution is -0.133. The van der Waals surface area contributed by atoms with Crippen LogP contribution in [0.4, 0.5) is 0 Å². The Morgan fingerprint density at radius 2 is 1.78 bits per heavy atom. The molecule has 0 aliphatic rings. The first-order chi connectivity index (χ1) is 12.8. The van der Waals surface area contributed by atoms with Gasteiger partial charge in [-0.25, -0.2) is 0 Å². The quantitative estimate of drug-likeness (QED) is 0.683. The standard InChI is InChI=1S/C20H23BrN2O4/c1-12-5-8-18(17(21)9-12)26-11-19(24)22-23-20(25)15(4)27-16-7-6-13(2)14(3)10-16/h5-10,15H,11H2,1-4H3,(H,22,24)(H,23,25). The number of benzene rings is 2. The van der Waals surface area contributed by atoms with Crippen LogP contribution in [0.3, 0.4) is 0 Å². The van der Waals surface area contributed by atoms with Crippen molar-refractivity contribution in [1.29, 1.82) is 0 Å². The largest absolute Gasteiger partial charge is 0.483 e. The summed E-state index contributed by atoms with van der Waals surface area (Å²) in [5, 5.41) is 0. The van der Waals surface area contributed by atoms with E-state index in [1.54, 1.807) is 19.1 Å². The summed E-state index contributed by atoms with van der Waals surface area (Å²) in [4.78, 5) is 23.9. The van der Waals surface area contributed by atoms with E-state index in [0.29, 0.717) is 11.5 Å². The lowest BCUT2D eigenvalue weighted by Gasteiger charge is -2.16. The molecule has 0 bridgehead atoms. The number of carbonyl (C=O) groups excluding carboxylic acids is 2. The molecule has 0 heterocycles. The van der Waals surface area contributed by atoms with Crippen LogP contribution in [0.25, 0.3) is 0 Å². The lowest BCUT2D eigenvalue weighted by Crippen LogP contribution is -2.48. The first kappa shape index (κ1) is 20.8. The van der Waals surface area contributed by atoms with Gasteiger partial charge < -0.3 is 9.47 Å². The van der Waals surface area contributed by atoms with Crippen LogP contribution >= 0.6 is 15.9 Å². The Bertz CT molecular complexity index is 839. The van der Waals surface area contributed by atoms with Crippen LogP contribution < -0.4 is 20.3 Å². The lowest BCUT2D eigenvalue weighted by atomic mass is 10.1. The molecule has 2 aromatic rings. The maximum atomic E-state index is 12.1. The van der Waals surface area contributed by atoms with E-state index in [4.69, 9.17) is 9.47 Å². The predicted molar refractivity (Wildman–Crippen MR) is 107 cm³/mol. The van der Waals surface area contributed by atoms with Crippen molar-refractivity contribution in [3.05, 3.63) is 57.6 Å². The number of carbonyl (C=O) groups is 2. The molecule has 0 fully saturated rings. The van der Waals surface area contributed by atoms with Crippen molar-refractivity contribution in [3.8, 4) is 11.5 Å². The zero-order chi connectivity index (χ0) is 20.0. The number of nitrogens with one attached hydrogen (secondary N) is 2. The van der Waals surface area contributed by atoms with Gasteiger partial charge in [-0.3, -0.25) is 20.4 Å². The summed E-state index contributed by atoms with van der Waals surface area (Å²) in [5.74, 6) is 0.209. The van der Waals surface area contributed by atoms with E-state index < -0.39 is 17.9 Å². The first-order valence-electron chi connectivity index (χ1n) is 8.48. The van der Waals surface area contributed by atoms with Crippen molar-refractivity contribution in [2.45, 2.75) is 33.8 Å². The number of halogens is 1. The summed E-state index contributed by atoms with van der Waals surface area (Å²) in [6.07, 6.45) is -0.764. The van der Waals surface area contributed by atoms with E-state index in [1.165, 1.54) is 0 Å². The third-order valence-corrected chi connectivity index (χ3v) is 4.55. The maximum absolute atomic E-state index is 12.1.